The van der Waals surface area contributed by atoms with Crippen LogP contribution in [0.25, 0.3) is 0 Å². The number of anilines is 1. The van der Waals surface area contributed by atoms with Crippen molar-refractivity contribution in [2.75, 3.05) is 5.73 Å². The molecule has 2 heteroatoms. The van der Waals surface area contributed by atoms with Crippen LogP contribution >= 0.6 is 0 Å². The van der Waals surface area contributed by atoms with Gasteiger partial charge in [-0.25, -0.2) is 4.98 Å². The lowest BCUT2D eigenvalue weighted by molar-refractivity contribution is 0.315. The van der Waals surface area contributed by atoms with Crippen molar-refractivity contribution in [2.24, 2.45) is 5.41 Å². The van der Waals surface area contributed by atoms with Gasteiger partial charge in [-0.05, 0) is 41.9 Å². The fourth-order valence-corrected chi connectivity index (χ4v) is 2.01. The van der Waals surface area contributed by atoms with Crippen LogP contribution in [0.15, 0.2) is 12.3 Å². The number of rotatable bonds is 0. The van der Waals surface area contributed by atoms with E-state index >= 15 is 0 Å². The first kappa shape index (κ1) is 8.54. The van der Waals surface area contributed by atoms with Gasteiger partial charge in [0.15, 0.2) is 0 Å². The molecular weight excluding hydrogens is 160 g/mol. The first-order valence-electron chi connectivity index (χ1n) is 4.80. The zero-order valence-electron chi connectivity index (χ0n) is 8.30. The monoisotopic (exact) mass is 176 g/mol. The number of aromatic nitrogens is 1. The van der Waals surface area contributed by atoms with Gasteiger partial charge in [0.05, 0.1) is 0 Å². The Balaban J connectivity index is 2.37. The van der Waals surface area contributed by atoms with Crippen molar-refractivity contribution in [2.45, 2.75) is 33.1 Å². The smallest absolute Gasteiger partial charge is 0.123 e. The third kappa shape index (κ3) is 1.67. The van der Waals surface area contributed by atoms with E-state index in [4.69, 9.17) is 5.73 Å². The zero-order valence-corrected chi connectivity index (χ0v) is 8.30. The van der Waals surface area contributed by atoms with Gasteiger partial charge in [-0.2, -0.15) is 0 Å². The number of pyridine rings is 1. The standard InChI is InChI=1S/C11H16N2/c1-11(2)4-3-8-5-10(12)13-7-9(8)6-11/h5,7H,3-4,6H2,1-2H3,(H2,12,13). The second-order valence-corrected chi connectivity index (χ2v) is 4.72. The molecule has 2 N–H and O–H groups in total. The highest BCUT2D eigenvalue weighted by Crippen LogP contribution is 2.34. The van der Waals surface area contributed by atoms with Gasteiger partial charge in [-0.1, -0.05) is 13.8 Å². The SMILES string of the molecule is CC1(C)CCc2cc(N)ncc2C1. The van der Waals surface area contributed by atoms with E-state index in [-0.39, 0.29) is 0 Å². The second kappa shape index (κ2) is 2.72. The van der Waals surface area contributed by atoms with Crippen molar-refractivity contribution in [3.63, 3.8) is 0 Å². The summed E-state index contributed by atoms with van der Waals surface area (Å²) in [5, 5.41) is 0. The van der Waals surface area contributed by atoms with Crippen LogP contribution in [0.2, 0.25) is 0 Å². The number of hydrogen-bond acceptors (Lipinski definition) is 2. The van der Waals surface area contributed by atoms with Gasteiger partial charge in [-0.3, -0.25) is 0 Å². The van der Waals surface area contributed by atoms with E-state index in [1.807, 2.05) is 12.3 Å². The predicted molar refractivity (Wildman–Crippen MR) is 54.5 cm³/mol. The number of nitrogens with two attached hydrogens (primary N) is 1. The third-order valence-corrected chi connectivity index (χ3v) is 2.84. The minimum Gasteiger partial charge on any atom is -0.384 e. The van der Waals surface area contributed by atoms with Crippen molar-refractivity contribution < 1.29 is 0 Å². The van der Waals surface area contributed by atoms with Crippen LogP contribution in [0.4, 0.5) is 5.82 Å². The van der Waals surface area contributed by atoms with Crippen LogP contribution in [0, 0.1) is 5.41 Å². The summed E-state index contributed by atoms with van der Waals surface area (Å²) in [7, 11) is 0. The quantitative estimate of drug-likeness (QED) is 0.658. The lowest BCUT2D eigenvalue weighted by Crippen LogP contribution is -2.22. The highest BCUT2D eigenvalue weighted by atomic mass is 14.8. The normalized spacial score (nSPS) is 19.5. The Hall–Kier alpha value is -1.05. The lowest BCUT2D eigenvalue weighted by atomic mass is 9.75. The van der Waals surface area contributed by atoms with E-state index in [9.17, 15) is 0 Å². The number of hydrogen-bond donors (Lipinski definition) is 1. The molecule has 0 fully saturated rings. The minimum atomic E-state index is 0.435. The highest BCUT2D eigenvalue weighted by molar-refractivity contribution is 5.38. The summed E-state index contributed by atoms with van der Waals surface area (Å²) in [5.41, 5.74) is 8.85. The Bertz CT molecular complexity index is 329. The molecule has 2 rings (SSSR count). The van der Waals surface area contributed by atoms with Crippen molar-refractivity contribution in [3.05, 3.63) is 23.4 Å². The molecule has 0 bridgehead atoms. The van der Waals surface area contributed by atoms with E-state index in [0.29, 0.717) is 11.2 Å². The molecule has 1 heterocycles. The van der Waals surface area contributed by atoms with Gasteiger partial charge < -0.3 is 5.73 Å². The molecule has 1 aliphatic carbocycles. The van der Waals surface area contributed by atoms with Crippen LogP contribution in [-0.4, -0.2) is 4.98 Å². The molecule has 13 heavy (non-hydrogen) atoms. The van der Waals surface area contributed by atoms with E-state index in [0.717, 1.165) is 12.8 Å². The number of aryl methyl sites for hydroxylation is 1. The maximum Gasteiger partial charge on any atom is 0.123 e. The van der Waals surface area contributed by atoms with Crippen LogP contribution in [0.1, 0.15) is 31.4 Å². The fourth-order valence-electron chi connectivity index (χ4n) is 2.01. The van der Waals surface area contributed by atoms with Gasteiger partial charge in [0.2, 0.25) is 0 Å². The van der Waals surface area contributed by atoms with Crippen molar-refractivity contribution >= 4 is 5.82 Å². The summed E-state index contributed by atoms with van der Waals surface area (Å²) >= 11 is 0. The third-order valence-electron chi connectivity index (χ3n) is 2.84. The maximum atomic E-state index is 5.64. The Morgan fingerprint density at radius 2 is 2.15 bits per heavy atom. The maximum absolute atomic E-state index is 5.64. The molecule has 1 aromatic rings. The summed E-state index contributed by atoms with van der Waals surface area (Å²) in [4.78, 5) is 4.14. The van der Waals surface area contributed by atoms with Gasteiger partial charge >= 0.3 is 0 Å². The minimum absolute atomic E-state index is 0.435. The summed E-state index contributed by atoms with van der Waals surface area (Å²) < 4.78 is 0. The number of fused-ring (bicyclic) bond motifs is 1. The number of nitrogens with zero attached hydrogens (tertiary/aromatic N) is 1. The number of nitrogen functional groups attached to an aromatic ring is 1. The molecule has 0 radical (unpaired) electrons. The van der Waals surface area contributed by atoms with E-state index in [2.05, 4.69) is 18.8 Å². The highest BCUT2D eigenvalue weighted by Gasteiger charge is 2.25. The van der Waals surface area contributed by atoms with Gasteiger partial charge in [0.25, 0.3) is 0 Å². The molecular formula is C11H16N2. The topological polar surface area (TPSA) is 38.9 Å². The van der Waals surface area contributed by atoms with Crippen LogP contribution in [-0.2, 0) is 12.8 Å². The van der Waals surface area contributed by atoms with Crippen LogP contribution in [0.5, 0.6) is 0 Å². The Kier molecular flexibility index (Phi) is 1.79. The van der Waals surface area contributed by atoms with E-state index in [1.165, 1.54) is 17.5 Å². The molecule has 0 unspecified atom stereocenters. The van der Waals surface area contributed by atoms with Crippen molar-refractivity contribution in [3.8, 4) is 0 Å². The van der Waals surface area contributed by atoms with E-state index < -0.39 is 0 Å². The molecule has 0 spiro atoms. The van der Waals surface area contributed by atoms with Crippen molar-refractivity contribution in [1.82, 2.24) is 4.98 Å². The zero-order chi connectivity index (χ0) is 9.47. The molecule has 0 saturated carbocycles. The summed E-state index contributed by atoms with van der Waals surface area (Å²) in [6.07, 6.45) is 5.47. The molecule has 1 aliphatic rings. The van der Waals surface area contributed by atoms with Crippen LogP contribution < -0.4 is 5.73 Å². The molecule has 0 aliphatic heterocycles. The summed E-state index contributed by atoms with van der Waals surface area (Å²) in [5.74, 6) is 0.651. The molecule has 0 atom stereocenters. The largest absolute Gasteiger partial charge is 0.384 e. The summed E-state index contributed by atoms with van der Waals surface area (Å²) in [6, 6.07) is 2.02. The predicted octanol–water partition coefficient (Wildman–Crippen LogP) is 2.18. The van der Waals surface area contributed by atoms with Crippen molar-refractivity contribution in [1.29, 1.82) is 0 Å². The molecule has 0 amide bonds. The van der Waals surface area contributed by atoms with Gasteiger partial charge in [0, 0.05) is 6.20 Å². The lowest BCUT2D eigenvalue weighted by Gasteiger charge is -2.30. The van der Waals surface area contributed by atoms with Gasteiger partial charge in [-0.15, -0.1) is 0 Å². The molecule has 0 saturated heterocycles. The first-order valence-corrected chi connectivity index (χ1v) is 4.80. The average molecular weight is 176 g/mol. The molecule has 70 valence electrons. The van der Waals surface area contributed by atoms with E-state index in [1.54, 1.807) is 0 Å². The average Bonchev–Trinajstić information content (AvgIpc) is 2.05. The fraction of sp³-hybridized carbons (Fsp3) is 0.545. The summed E-state index contributed by atoms with van der Waals surface area (Å²) in [6.45, 7) is 4.62. The first-order chi connectivity index (χ1) is 6.07. The van der Waals surface area contributed by atoms with Crippen LogP contribution in [0.3, 0.4) is 0 Å². The molecule has 2 nitrogen and oxygen atoms in total. The molecule has 1 aromatic heterocycles. The van der Waals surface area contributed by atoms with Gasteiger partial charge in [0.1, 0.15) is 5.82 Å². The Morgan fingerprint density at radius 3 is 2.92 bits per heavy atom. The molecule has 0 aromatic carbocycles. The Morgan fingerprint density at radius 1 is 1.38 bits per heavy atom. The second-order valence-electron chi connectivity index (χ2n) is 4.72. The Labute approximate surface area is 79.2 Å².